The van der Waals surface area contributed by atoms with E-state index in [-0.39, 0.29) is 23.0 Å². The highest BCUT2D eigenvalue weighted by Gasteiger charge is 2.17. The molecular weight excluding hydrogens is 420 g/mol. The summed E-state index contributed by atoms with van der Waals surface area (Å²) in [6.07, 6.45) is 0. The molecule has 3 rings (SSSR count). The average Bonchev–Trinajstić information content (AvgIpc) is 2.97. The lowest BCUT2D eigenvalue weighted by atomic mass is 10.1. The Morgan fingerprint density at radius 1 is 1.33 bits per heavy atom. The van der Waals surface area contributed by atoms with E-state index < -0.39 is 17.4 Å². The lowest BCUT2D eigenvalue weighted by Crippen LogP contribution is -2.09. The molecule has 10 heteroatoms. The van der Waals surface area contributed by atoms with Gasteiger partial charge in [0.1, 0.15) is 0 Å². The van der Waals surface area contributed by atoms with Crippen LogP contribution in [0.5, 0.6) is 11.6 Å². The second kappa shape index (κ2) is 7.54. The van der Waals surface area contributed by atoms with E-state index in [2.05, 4.69) is 31.1 Å². The van der Waals surface area contributed by atoms with Crippen LogP contribution >= 0.6 is 15.9 Å². The molecule has 2 N–H and O–H groups in total. The predicted octanol–water partition coefficient (Wildman–Crippen LogP) is 4.54. The molecule has 1 aromatic heterocycles. The molecule has 0 radical (unpaired) electrons. The van der Waals surface area contributed by atoms with Gasteiger partial charge in [-0.25, -0.2) is 0 Å². The highest BCUT2D eigenvalue weighted by molar-refractivity contribution is 9.10. The summed E-state index contributed by atoms with van der Waals surface area (Å²) >= 11 is 3.43. The number of benzene rings is 2. The molecule has 1 amide bonds. The van der Waals surface area contributed by atoms with Crippen LogP contribution in [-0.4, -0.2) is 27.5 Å². The fraction of sp³-hybridized carbons (Fsp3) is 0.118. The van der Waals surface area contributed by atoms with Crippen molar-refractivity contribution < 1.29 is 19.6 Å². The van der Waals surface area contributed by atoms with Crippen LogP contribution < -0.4 is 4.74 Å². The fourth-order valence-corrected chi connectivity index (χ4v) is 2.96. The van der Waals surface area contributed by atoms with Gasteiger partial charge in [0.05, 0.1) is 10.4 Å². The van der Waals surface area contributed by atoms with E-state index in [9.17, 15) is 20.0 Å². The second-order valence-corrected chi connectivity index (χ2v) is 6.34. The number of carbonyl (C=O) groups excluding carboxylic acids is 1. The fourth-order valence-electron chi connectivity index (χ4n) is 2.42. The molecule has 0 aliphatic heterocycles. The highest BCUT2D eigenvalue weighted by Crippen LogP contribution is 2.41. The zero-order valence-corrected chi connectivity index (χ0v) is 15.6. The van der Waals surface area contributed by atoms with Crippen LogP contribution in [0.2, 0.25) is 0 Å². The Hall–Kier alpha value is -3.27. The number of hydrogen-bond donors (Lipinski definition) is 2. The van der Waals surface area contributed by atoms with Crippen molar-refractivity contribution in [3.05, 3.63) is 56.5 Å². The molecule has 0 spiro atoms. The van der Waals surface area contributed by atoms with Crippen LogP contribution in [0, 0.1) is 17.0 Å². The summed E-state index contributed by atoms with van der Waals surface area (Å²) in [4.78, 5) is 25.0. The van der Waals surface area contributed by atoms with Gasteiger partial charge in [-0.15, -0.1) is 10.2 Å². The number of azo groups is 1. The van der Waals surface area contributed by atoms with Crippen molar-refractivity contribution in [2.45, 2.75) is 6.92 Å². The molecule has 0 atom stereocenters. The number of nitrogens with one attached hydrogen (secondary N) is 1. The quantitative estimate of drug-likeness (QED) is 0.347. The molecular formula is C17H13BrN4O5. The molecule has 0 fully saturated rings. The van der Waals surface area contributed by atoms with Crippen molar-refractivity contribution >= 4 is 44.1 Å². The largest absolute Gasteiger partial charge is 0.493 e. The number of ether oxygens (including phenoxy) is 1. The summed E-state index contributed by atoms with van der Waals surface area (Å²) in [6, 6.07) is 9.33. The Balaban J connectivity index is 1.78. The Labute approximate surface area is 161 Å². The number of amides is 1. The molecule has 0 bridgehead atoms. The molecule has 3 aromatic rings. The first kappa shape index (κ1) is 18.5. The summed E-state index contributed by atoms with van der Waals surface area (Å²) < 4.78 is 5.88. The number of carbonyl (C=O) groups is 1. The highest BCUT2D eigenvalue weighted by atomic mass is 79.9. The van der Waals surface area contributed by atoms with E-state index in [0.717, 1.165) is 5.56 Å². The van der Waals surface area contributed by atoms with E-state index in [0.29, 0.717) is 15.4 Å². The lowest BCUT2D eigenvalue weighted by Gasteiger charge is -2.03. The zero-order chi connectivity index (χ0) is 19.6. The maximum absolute atomic E-state index is 11.9. The molecule has 0 aliphatic carbocycles. The molecule has 0 saturated heterocycles. The minimum Gasteiger partial charge on any atom is -0.493 e. The smallest absolute Gasteiger partial charge is 0.310 e. The topological polar surface area (TPSA) is 130 Å². The van der Waals surface area contributed by atoms with Crippen LogP contribution in [0.4, 0.5) is 11.4 Å². The van der Waals surface area contributed by atoms with Gasteiger partial charge in [0.25, 0.3) is 0 Å². The first-order chi connectivity index (χ1) is 12.9. The van der Waals surface area contributed by atoms with E-state index in [1.54, 1.807) is 12.1 Å². The van der Waals surface area contributed by atoms with Crippen molar-refractivity contribution in [3.8, 4) is 11.6 Å². The summed E-state index contributed by atoms with van der Waals surface area (Å²) in [5, 5.41) is 28.9. The summed E-state index contributed by atoms with van der Waals surface area (Å²) in [5.41, 5.74) is 1.40. The number of nitro groups is 1. The van der Waals surface area contributed by atoms with E-state index in [1.807, 2.05) is 13.0 Å². The van der Waals surface area contributed by atoms with Gasteiger partial charge in [0.2, 0.25) is 5.88 Å². The number of para-hydroxylation sites is 2. The third-order valence-corrected chi connectivity index (χ3v) is 4.75. The first-order valence-electron chi connectivity index (χ1n) is 7.69. The maximum Gasteiger partial charge on any atom is 0.310 e. The number of nitrogens with zero attached hydrogens (tertiary/aromatic N) is 3. The lowest BCUT2D eigenvalue weighted by molar-refractivity contribution is -0.385. The van der Waals surface area contributed by atoms with Gasteiger partial charge in [-0.05, 0) is 40.5 Å². The van der Waals surface area contributed by atoms with Gasteiger partial charge in [0.15, 0.2) is 18.0 Å². The van der Waals surface area contributed by atoms with E-state index in [4.69, 9.17) is 4.74 Å². The van der Waals surface area contributed by atoms with Gasteiger partial charge in [-0.3, -0.25) is 14.9 Å². The van der Waals surface area contributed by atoms with Crippen LogP contribution in [0.3, 0.4) is 0 Å². The molecule has 0 saturated carbocycles. The van der Waals surface area contributed by atoms with Crippen LogP contribution in [0.15, 0.2) is 51.1 Å². The van der Waals surface area contributed by atoms with E-state index >= 15 is 0 Å². The van der Waals surface area contributed by atoms with Gasteiger partial charge >= 0.3 is 11.6 Å². The first-order valence-corrected chi connectivity index (χ1v) is 8.48. The SMILES string of the molecule is Cc1ccc2[nH]c(O)c(N=NC(=O)COc3ccccc3[N+](=O)[O-])c2c1Br. The Bertz CT molecular complexity index is 1080. The molecule has 27 heavy (non-hydrogen) atoms. The Kier molecular flexibility index (Phi) is 5.17. The predicted molar refractivity (Wildman–Crippen MR) is 101 cm³/mol. The van der Waals surface area contributed by atoms with Gasteiger partial charge in [-0.1, -0.05) is 18.2 Å². The summed E-state index contributed by atoms with van der Waals surface area (Å²) in [5.74, 6) is -1.03. The normalized spacial score (nSPS) is 11.2. The monoisotopic (exact) mass is 432 g/mol. The van der Waals surface area contributed by atoms with Gasteiger partial charge in [0, 0.05) is 15.9 Å². The molecule has 2 aromatic carbocycles. The molecule has 138 valence electrons. The van der Waals surface area contributed by atoms with Crippen molar-refractivity contribution in [2.24, 2.45) is 10.2 Å². The summed E-state index contributed by atoms with van der Waals surface area (Å²) in [6.45, 7) is 1.35. The minimum atomic E-state index is -0.759. The number of rotatable bonds is 5. The number of aromatic nitrogens is 1. The number of aromatic hydroxyl groups is 1. The number of H-pyrrole nitrogens is 1. The third kappa shape index (κ3) is 3.80. The number of fused-ring (bicyclic) bond motifs is 1. The number of halogens is 1. The number of hydrogen-bond acceptors (Lipinski definition) is 6. The number of aryl methyl sites for hydroxylation is 1. The molecule has 0 aliphatic rings. The Morgan fingerprint density at radius 3 is 2.81 bits per heavy atom. The minimum absolute atomic E-state index is 0.0423. The van der Waals surface area contributed by atoms with Crippen LogP contribution in [-0.2, 0) is 4.79 Å². The Morgan fingerprint density at radius 2 is 2.07 bits per heavy atom. The number of aromatic amines is 1. The van der Waals surface area contributed by atoms with Gasteiger partial charge < -0.3 is 14.8 Å². The number of nitro benzene ring substituents is 1. The van der Waals surface area contributed by atoms with Crippen molar-refractivity contribution in [3.63, 3.8) is 0 Å². The third-order valence-electron chi connectivity index (χ3n) is 3.72. The average molecular weight is 433 g/mol. The molecule has 0 unspecified atom stereocenters. The van der Waals surface area contributed by atoms with Crippen molar-refractivity contribution in [1.82, 2.24) is 4.98 Å². The van der Waals surface area contributed by atoms with Crippen LogP contribution in [0.1, 0.15) is 5.56 Å². The molecule has 9 nitrogen and oxygen atoms in total. The van der Waals surface area contributed by atoms with Crippen molar-refractivity contribution in [1.29, 1.82) is 0 Å². The zero-order valence-electron chi connectivity index (χ0n) is 14.0. The van der Waals surface area contributed by atoms with Gasteiger partial charge in [-0.2, -0.15) is 0 Å². The standard InChI is InChI=1S/C17H13BrN4O5/c1-9-6-7-10-14(15(9)18)16(17(24)19-10)21-20-13(23)8-27-12-5-3-2-4-11(12)22(25)26/h2-7,19,24H,8H2,1H3. The summed E-state index contributed by atoms with van der Waals surface area (Å²) in [7, 11) is 0. The molecule has 1 heterocycles. The van der Waals surface area contributed by atoms with E-state index in [1.165, 1.54) is 18.2 Å². The second-order valence-electron chi connectivity index (χ2n) is 5.55. The van der Waals surface area contributed by atoms with Crippen molar-refractivity contribution in [2.75, 3.05) is 6.61 Å². The maximum atomic E-state index is 11.9. The van der Waals surface area contributed by atoms with Crippen LogP contribution in [0.25, 0.3) is 10.9 Å².